The normalized spacial score (nSPS) is 16.4. The van der Waals surface area contributed by atoms with Crippen LogP contribution in [-0.2, 0) is 18.4 Å². The third kappa shape index (κ3) is 4.45. The van der Waals surface area contributed by atoms with Gasteiger partial charge in [-0.1, -0.05) is 13.8 Å². The SMILES string of the molecule is CC(C)c1cc(C(=O)N(C)C)cc2c(F)c([C@H]3CCCN(C(=O)CCn4cccn4)C3)n(C)c12. The average Bonchev–Trinajstić information content (AvgIpc) is 3.42. The Bertz CT molecular complexity index is 1200. The maximum absolute atomic E-state index is 16.0. The standard InChI is InChI=1S/C26H34FN5O2/c1-17(2)20-14-19(26(34)29(3)4)15-21-23(27)24(30(5)25(20)21)18-8-6-11-31(16-18)22(33)9-13-32-12-7-10-28-32/h7,10,12,14-15,17-18H,6,8-9,11,13,16H2,1-5H3/t18-/m0/s1. The summed E-state index contributed by atoms with van der Waals surface area (Å²) in [4.78, 5) is 28.9. The average molecular weight is 468 g/mol. The van der Waals surface area contributed by atoms with E-state index in [2.05, 4.69) is 18.9 Å². The maximum atomic E-state index is 16.0. The van der Waals surface area contributed by atoms with Gasteiger partial charge in [0.1, 0.15) is 0 Å². The van der Waals surface area contributed by atoms with Gasteiger partial charge in [-0.2, -0.15) is 5.10 Å². The number of halogens is 1. The van der Waals surface area contributed by atoms with Crippen molar-refractivity contribution >= 4 is 22.7 Å². The van der Waals surface area contributed by atoms with E-state index in [0.717, 1.165) is 23.9 Å². The Balaban J connectivity index is 1.66. The number of piperidine rings is 1. The molecule has 1 aliphatic rings. The van der Waals surface area contributed by atoms with Gasteiger partial charge in [-0.3, -0.25) is 14.3 Å². The summed E-state index contributed by atoms with van der Waals surface area (Å²) in [5.74, 6) is -0.303. The van der Waals surface area contributed by atoms with Crippen LogP contribution in [0.15, 0.2) is 30.6 Å². The second-order valence-electron chi connectivity index (χ2n) is 9.77. The highest BCUT2D eigenvalue weighted by atomic mass is 19.1. The molecule has 0 saturated carbocycles. The molecule has 1 saturated heterocycles. The van der Waals surface area contributed by atoms with Gasteiger partial charge in [-0.25, -0.2) is 4.39 Å². The zero-order chi connectivity index (χ0) is 24.6. The molecule has 1 aliphatic heterocycles. The quantitative estimate of drug-likeness (QED) is 0.548. The fraction of sp³-hybridized carbons (Fsp3) is 0.500. The molecular formula is C26H34FN5O2. The van der Waals surface area contributed by atoms with Gasteiger partial charge in [0.25, 0.3) is 5.91 Å². The number of carbonyl (C=O) groups excluding carboxylic acids is 2. The van der Waals surface area contributed by atoms with E-state index in [4.69, 9.17) is 0 Å². The van der Waals surface area contributed by atoms with Crippen molar-refractivity contribution in [2.75, 3.05) is 27.2 Å². The van der Waals surface area contributed by atoms with Crippen LogP contribution >= 0.6 is 0 Å². The van der Waals surface area contributed by atoms with Crippen LogP contribution in [-0.4, -0.2) is 63.1 Å². The Kier molecular flexibility index (Phi) is 6.77. The van der Waals surface area contributed by atoms with Gasteiger partial charge in [-0.15, -0.1) is 0 Å². The molecule has 182 valence electrons. The van der Waals surface area contributed by atoms with Gasteiger partial charge in [-0.05, 0) is 42.5 Å². The van der Waals surface area contributed by atoms with Gasteiger partial charge in [0, 0.05) is 76.5 Å². The smallest absolute Gasteiger partial charge is 0.253 e. The summed E-state index contributed by atoms with van der Waals surface area (Å²) >= 11 is 0. The first kappa shape index (κ1) is 24.0. The number of benzene rings is 1. The van der Waals surface area contributed by atoms with Gasteiger partial charge >= 0.3 is 0 Å². The lowest BCUT2D eigenvalue weighted by molar-refractivity contribution is -0.132. The summed E-state index contributed by atoms with van der Waals surface area (Å²) in [5, 5.41) is 4.64. The number of likely N-dealkylation sites (tertiary alicyclic amines) is 1. The Morgan fingerprint density at radius 2 is 2.03 bits per heavy atom. The molecule has 1 fully saturated rings. The lowest BCUT2D eigenvalue weighted by Crippen LogP contribution is -2.40. The Labute approximate surface area is 200 Å². The van der Waals surface area contributed by atoms with Crippen LogP contribution in [0.1, 0.15) is 66.6 Å². The predicted molar refractivity (Wildman–Crippen MR) is 130 cm³/mol. The minimum Gasteiger partial charge on any atom is -0.345 e. The Morgan fingerprint density at radius 3 is 2.68 bits per heavy atom. The summed E-state index contributed by atoms with van der Waals surface area (Å²) < 4.78 is 19.7. The molecule has 3 aromatic rings. The highest BCUT2D eigenvalue weighted by Crippen LogP contribution is 2.38. The Hall–Kier alpha value is -3.16. The van der Waals surface area contributed by atoms with E-state index in [9.17, 15) is 9.59 Å². The number of aryl methyl sites for hydroxylation is 2. The topological polar surface area (TPSA) is 63.4 Å². The van der Waals surface area contributed by atoms with Crippen molar-refractivity contribution in [3.05, 3.63) is 53.2 Å². The third-order valence-corrected chi connectivity index (χ3v) is 6.85. The van der Waals surface area contributed by atoms with Crippen molar-refractivity contribution in [2.24, 2.45) is 7.05 Å². The van der Waals surface area contributed by atoms with E-state index in [-0.39, 0.29) is 29.5 Å². The molecule has 2 amide bonds. The highest BCUT2D eigenvalue weighted by molar-refractivity contribution is 5.99. The number of nitrogens with zero attached hydrogens (tertiary/aromatic N) is 5. The minimum atomic E-state index is -0.274. The van der Waals surface area contributed by atoms with Crippen LogP contribution in [0.5, 0.6) is 0 Å². The molecule has 1 aromatic carbocycles. The molecule has 0 spiro atoms. The van der Waals surface area contributed by atoms with Crippen molar-refractivity contribution < 1.29 is 14.0 Å². The predicted octanol–water partition coefficient (Wildman–Crippen LogP) is 4.14. The van der Waals surface area contributed by atoms with Crippen LogP contribution < -0.4 is 0 Å². The van der Waals surface area contributed by atoms with Gasteiger partial charge < -0.3 is 14.4 Å². The minimum absolute atomic E-state index is 0.0705. The summed E-state index contributed by atoms with van der Waals surface area (Å²) in [6, 6.07) is 5.41. The fourth-order valence-electron chi connectivity index (χ4n) is 5.11. The van der Waals surface area contributed by atoms with Crippen molar-refractivity contribution in [3.8, 4) is 0 Å². The van der Waals surface area contributed by atoms with E-state index < -0.39 is 0 Å². The number of hydrogen-bond acceptors (Lipinski definition) is 3. The van der Waals surface area contributed by atoms with Gasteiger partial charge in [0.15, 0.2) is 5.82 Å². The molecule has 0 bridgehead atoms. The lowest BCUT2D eigenvalue weighted by atomic mass is 9.93. The molecule has 7 nitrogen and oxygen atoms in total. The monoisotopic (exact) mass is 467 g/mol. The fourth-order valence-corrected chi connectivity index (χ4v) is 5.11. The highest BCUT2D eigenvalue weighted by Gasteiger charge is 2.31. The van der Waals surface area contributed by atoms with Crippen LogP contribution in [0.2, 0.25) is 0 Å². The number of carbonyl (C=O) groups is 2. The molecule has 0 N–H and O–H groups in total. The molecule has 3 heterocycles. The second kappa shape index (κ2) is 9.60. The first-order chi connectivity index (χ1) is 16.2. The van der Waals surface area contributed by atoms with Crippen molar-refractivity contribution in [1.82, 2.24) is 24.1 Å². The van der Waals surface area contributed by atoms with E-state index in [1.165, 1.54) is 4.90 Å². The number of amides is 2. The van der Waals surface area contributed by atoms with Crippen LogP contribution in [0.25, 0.3) is 10.9 Å². The van der Waals surface area contributed by atoms with E-state index >= 15 is 4.39 Å². The first-order valence-electron chi connectivity index (χ1n) is 12.0. The summed E-state index contributed by atoms with van der Waals surface area (Å²) in [6.07, 6.45) is 5.58. The number of hydrogen-bond donors (Lipinski definition) is 0. The molecule has 1 atom stereocenters. The number of fused-ring (bicyclic) bond motifs is 1. The molecule has 0 aliphatic carbocycles. The second-order valence-corrected chi connectivity index (χ2v) is 9.77. The molecule has 4 rings (SSSR count). The van der Waals surface area contributed by atoms with E-state index in [1.54, 1.807) is 31.0 Å². The zero-order valence-electron chi connectivity index (χ0n) is 20.7. The summed E-state index contributed by atoms with van der Waals surface area (Å²) in [7, 11) is 5.31. The first-order valence-corrected chi connectivity index (χ1v) is 12.0. The van der Waals surface area contributed by atoms with Gasteiger partial charge in [0.05, 0.1) is 11.2 Å². The van der Waals surface area contributed by atoms with Crippen molar-refractivity contribution in [2.45, 2.75) is 51.5 Å². The lowest BCUT2D eigenvalue weighted by Gasteiger charge is -2.33. The summed E-state index contributed by atoms with van der Waals surface area (Å²) in [5.41, 5.74) is 2.91. The third-order valence-electron chi connectivity index (χ3n) is 6.85. The summed E-state index contributed by atoms with van der Waals surface area (Å²) in [6.45, 7) is 5.85. The molecule has 34 heavy (non-hydrogen) atoms. The maximum Gasteiger partial charge on any atom is 0.253 e. The van der Waals surface area contributed by atoms with Crippen LogP contribution in [0, 0.1) is 5.82 Å². The number of aromatic nitrogens is 3. The number of rotatable bonds is 6. The van der Waals surface area contributed by atoms with Gasteiger partial charge in [0.2, 0.25) is 5.91 Å². The largest absolute Gasteiger partial charge is 0.345 e. The zero-order valence-corrected chi connectivity index (χ0v) is 20.7. The van der Waals surface area contributed by atoms with E-state index in [0.29, 0.717) is 42.7 Å². The van der Waals surface area contributed by atoms with Crippen molar-refractivity contribution in [3.63, 3.8) is 0 Å². The Morgan fingerprint density at radius 1 is 1.26 bits per heavy atom. The van der Waals surface area contributed by atoms with Crippen LogP contribution in [0.3, 0.4) is 0 Å². The molecule has 0 unspecified atom stereocenters. The molecular weight excluding hydrogens is 433 g/mol. The molecule has 8 heteroatoms. The molecule has 0 radical (unpaired) electrons. The van der Waals surface area contributed by atoms with E-state index in [1.807, 2.05) is 34.8 Å². The van der Waals surface area contributed by atoms with Crippen LogP contribution in [0.4, 0.5) is 4.39 Å². The van der Waals surface area contributed by atoms with Crippen molar-refractivity contribution in [1.29, 1.82) is 0 Å². The molecule has 2 aromatic heterocycles.